The molecule has 0 fully saturated rings. The van der Waals surface area contributed by atoms with Crippen molar-refractivity contribution in [3.05, 3.63) is 59.2 Å². The summed E-state index contributed by atoms with van der Waals surface area (Å²) in [5.41, 5.74) is 4.06. The molecule has 0 aliphatic carbocycles. The fourth-order valence-electron chi connectivity index (χ4n) is 3.60. The van der Waals surface area contributed by atoms with Crippen LogP contribution in [0.5, 0.6) is 0 Å². The summed E-state index contributed by atoms with van der Waals surface area (Å²) in [5.74, 6) is -0.0763. The Hall–Kier alpha value is -2.34. The molecule has 1 heterocycles. The second kappa shape index (κ2) is 8.19. The molecule has 2 aromatic carbocycles. The Balaban J connectivity index is 1.83. The Kier molecular flexibility index (Phi) is 6.03. The van der Waals surface area contributed by atoms with Crippen LogP contribution in [0.1, 0.15) is 62.0 Å². The molecule has 1 amide bonds. The van der Waals surface area contributed by atoms with E-state index in [1.165, 1.54) is 9.87 Å². The zero-order valence-electron chi connectivity index (χ0n) is 17.7. The zero-order valence-corrected chi connectivity index (χ0v) is 18.5. The van der Waals surface area contributed by atoms with E-state index >= 15 is 0 Å². The van der Waals surface area contributed by atoms with E-state index < -0.39 is 10.0 Å². The molecule has 0 saturated heterocycles. The van der Waals surface area contributed by atoms with Crippen LogP contribution in [-0.4, -0.2) is 26.6 Å². The maximum absolute atomic E-state index is 12.7. The van der Waals surface area contributed by atoms with E-state index in [1.54, 1.807) is 6.07 Å². The van der Waals surface area contributed by atoms with Gasteiger partial charge < -0.3 is 5.32 Å². The Morgan fingerprint density at radius 1 is 1.10 bits per heavy atom. The number of nitrogens with one attached hydrogen (secondary N) is 1. The summed E-state index contributed by atoms with van der Waals surface area (Å²) in [6.45, 7) is 8.75. The lowest BCUT2D eigenvalue weighted by Crippen LogP contribution is -2.37. The van der Waals surface area contributed by atoms with E-state index in [0.29, 0.717) is 29.9 Å². The van der Waals surface area contributed by atoms with E-state index in [9.17, 15) is 13.2 Å². The van der Waals surface area contributed by atoms with Crippen molar-refractivity contribution in [1.29, 1.82) is 0 Å². The van der Waals surface area contributed by atoms with E-state index in [0.717, 1.165) is 18.4 Å². The summed E-state index contributed by atoms with van der Waals surface area (Å²) >= 11 is 0. The topological polar surface area (TPSA) is 66.5 Å². The molecule has 1 N–H and O–H groups in total. The Morgan fingerprint density at radius 2 is 1.79 bits per heavy atom. The molecule has 0 bridgehead atoms. The highest BCUT2D eigenvalue weighted by Gasteiger charge is 2.27. The molecule has 0 unspecified atom stereocenters. The van der Waals surface area contributed by atoms with Gasteiger partial charge in [0.15, 0.2) is 0 Å². The van der Waals surface area contributed by atoms with Crippen LogP contribution < -0.4 is 9.62 Å². The summed E-state index contributed by atoms with van der Waals surface area (Å²) < 4.78 is 26.8. The van der Waals surface area contributed by atoms with Gasteiger partial charge in [0.1, 0.15) is 0 Å². The third-order valence-electron chi connectivity index (χ3n) is 5.23. The van der Waals surface area contributed by atoms with Gasteiger partial charge in [-0.1, -0.05) is 45.9 Å². The number of rotatable bonds is 5. The number of benzene rings is 2. The van der Waals surface area contributed by atoms with Crippen molar-refractivity contribution < 1.29 is 13.2 Å². The first-order valence-electron chi connectivity index (χ1n) is 10.2. The molecule has 2 aromatic rings. The lowest BCUT2D eigenvalue weighted by atomic mass is 9.87. The molecule has 0 aromatic heterocycles. The Labute approximate surface area is 174 Å². The third kappa shape index (κ3) is 4.81. The molecule has 0 saturated carbocycles. The number of sulfonamides is 1. The summed E-state index contributed by atoms with van der Waals surface area (Å²) in [6, 6.07) is 13.1. The Bertz CT molecular complexity index is 990. The van der Waals surface area contributed by atoms with Crippen molar-refractivity contribution in [1.82, 2.24) is 0 Å². The van der Waals surface area contributed by atoms with Crippen molar-refractivity contribution in [3.8, 4) is 0 Å². The van der Waals surface area contributed by atoms with Crippen molar-refractivity contribution in [2.75, 3.05) is 21.9 Å². The van der Waals surface area contributed by atoms with Gasteiger partial charge in [0, 0.05) is 17.8 Å². The number of hydrogen-bond acceptors (Lipinski definition) is 3. The molecule has 3 rings (SSSR count). The first kappa shape index (κ1) is 21.4. The normalized spacial score (nSPS) is 14.4. The molecule has 0 radical (unpaired) electrons. The van der Waals surface area contributed by atoms with E-state index in [-0.39, 0.29) is 17.1 Å². The fourth-order valence-corrected chi connectivity index (χ4v) is 5.21. The van der Waals surface area contributed by atoms with Gasteiger partial charge in [-0.05, 0) is 60.1 Å². The van der Waals surface area contributed by atoms with Crippen LogP contribution >= 0.6 is 0 Å². The molecular formula is C23H30N2O3S. The highest BCUT2D eigenvalue weighted by atomic mass is 32.2. The first-order chi connectivity index (χ1) is 13.6. The van der Waals surface area contributed by atoms with Gasteiger partial charge in [-0.2, -0.15) is 0 Å². The van der Waals surface area contributed by atoms with Gasteiger partial charge in [-0.15, -0.1) is 0 Å². The van der Waals surface area contributed by atoms with Crippen LogP contribution in [0.3, 0.4) is 0 Å². The van der Waals surface area contributed by atoms with Crippen LogP contribution in [0.4, 0.5) is 11.4 Å². The van der Waals surface area contributed by atoms with Crippen LogP contribution in [0.15, 0.2) is 42.5 Å². The highest BCUT2D eigenvalue weighted by Crippen LogP contribution is 2.32. The number of carbonyl (C=O) groups excluding carboxylic acids is 1. The molecule has 1 aliphatic heterocycles. The van der Waals surface area contributed by atoms with Crippen LogP contribution in [-0.2, 0) is 21.9 Å². The Morgan fingerprint density at radius 3 is 2.41 bits per heavy atom. The molecule has 29 heavy (non-hydrogen) atoms. The van der Waals surface area contributed by atoms with Gasteiger partial charge in [0.2, 0.25) is 10.0 Å². The first-order valence-corrected chi connectivity index (χ1v) is 11.8. The number of nitrogens with zero attached hydrogens (tertiary/aromatic N) is 1. The average Bonchev–Trinajstić information content (AvgIpc) is 2.66. The number of amides is 1. The van der Waals surface area contributed by atoms with Crippen molar-refractivity contribution >= 4 is 27.3 Å². The highest BCUT2D eigenvalue weighted by molar-refractivity contribution is 7.92. The number of hydrogen-bond donors (Lipinski definition) is 1. The molecule has 0 spiro atoms. The minimum atomic E-state index is -3.34. The number of aryl methyl sites for hydroxylation is 1. The van der Waals surface area contributed by atoms with Crippen molar-refractivity contribution in [3.63, 3.8) is 0 Å². The molecule has 6 heteroatoms. The molecule has 156 valence electrons. The summed E-state index contributed by atoms with van der Waals surface area (Å²) in [6.07, 6.45) is 2.23. The third-order valence-corrected chi connectivity index (χ3v) is 7.21. The lowest BCUT2D eigenvalue weighted by Gasteiger charge is -2.31. The standard InChI is InChI=1S/C23H30N2O3S/c1-5-15-29(27,28)25-14-6-7-17-10-13-20(16-21(17)25)24-22(26)18-8-11-19(12-9-18)23(2,3)4/h8-13,16H,5-7,14-15H2,1-4H3,(H,24,26). The minimum absolute atomic E-state index is 0.0287. The zero-order chi connectivity index (χ0) is 21.2. The van der Waals surface area contributed by atoms with Crippen molar-refractivity contribution in [2.45, 2.75) is 52.4 Å². The van der Waals surface area contributed by atoms with Crippen molar-refractivity contribution in [2.24, 2.45) is 0 Å². The average molecular weight is 415 g/mol. The SMILES string of the molecule is CCCS(=O)(=O)N1CCCc2ccc(NC(=O)c3ccc(C(C)(C)C)cc3)cc21. The van der Waals surface area contributed by atoms with E-state index in [1.807, 2.05) is 43.3 Å². The fraction of sp³-hybridized carbons (Fsp3) is 0.435. The van der Waals surface area contributed by atoms with Gasteiger partial charge in [-0.3, -0.25) is 9.10 Å². The van der Waals surface area contributed by atoms with Gasteiger partial charge >= 0.3 is 0 Å². The van der Waals surface area contributed by atoms with Gasteiger partial charge in [0.05, 0.1) is 11.4 Å². The molecule has 0 atom stereocenters. The molecular weight excluding hydrogens is 384 g/mol. The van der Waals surface area contributed by atoms with Crippen LogP contribution in [0.2, 0.25) is 0 Å². The predicted octanol–water partition coefficient (Wildman–Crippen LogP) is 4.73. The summed E-state index contributed by atoms with van der Waals surface area (Å²) in [7, 11) is -3.34. The number of fused-ring (bicyclic) bond motifs is 1. The van der Waals surface area contributed by atoms with Gasteiger partial charge in [0.25, 0.3) is 5.91 Å². The predicted molar refractivity (Wildman–Crippen MR) is 119 cm³/mol. The second-order valence-corrected chi connectivity index (χ2v) is 10.6. The molecule has 1 aliphatic rings. The van der Waals surface area contributed by atoms with Crippen LogP contribution in [0, 0.1) is 0 Å². The van der Waals surface area contributed by atoms with Gasteiger partial charge in [-0.25, -0.2) is 8.42 Å². The largest absolute Gasteiger partial charge is 0.322 e. The second-order valence-electron chi connectivity index (χ2n) is 8.62. The molecule has 5 nitrogen and oxygen atoms in total. The minimum Gasteiger partial charge on any atom is -0.322 e. The summed E-state index contributed by atoms with van der Waals surface area (Å²) in [4.78, 5) is 12.7. The smallest absolute Gasteiger partial charge is 0.255 e. The van der Waals surface area contributed by atoms with E-state index in [2.05, 4.69) is 26.1 Å². The monoisotopic (exact) mass is 414 g/mol. The summed E-state index contributed by atoms with van der Waals surface area (Å²) in [5, 5.41) is 2.91. The number of carbonyl (C=O) groups is 1. The maximum Gasteiger partial charge on any atom is 0.255 e. The quantitative estimate of drug-likeness (QED) is 0.769. The van der Waals surface area contributed by atoms with E-state index in [4.69, 9.17) is 0 Å². The maximum atomic E-state index is 12.7. The number of anilines is 2. The lowest BCUT2D eigenvalue weighted by molar-refractivity contribution is 0.102. The van der Waals surface area contributed by atoms with Crippen LogP contribution in [0.25, 0.3) is 0 Å².